The first kappa shape index (κ1) is 19.0. The predicted molar refractivity (Wildman–Crippen MR) is 110 cm³/mol. The van der Waals surface area contributed by atoms with Gasteiger partial charge in [-0.3, -0.25) is 10.2 Å². The molecule has 5 heteroatoms. The van der Waals surface area contributed by atoms with Crippen LogP contribution >= 0.6 is 0 Å². The minimum absolute atomic E-state index is 0.0256. The van der Waals surface area contributed by atoms with Crippen LogP contribution < -0.4 is 15.6 Å². The number of amides is 1. The molecule has 2 heterocycles. The largest absolute Gasteiger partial charge is 0.490 e. The molecule has 0 bridgehead atoms. The molecule has 0 aromatic heterocycles. The van der Waals surface area contributed by atoms with E-state index >= 15 is 0 Å². The first-order valence-corrected chi connectivity index (χ1v) is 10.2. The summed E-state index contributed by atoms with van der Waals surface area (Å²) in [6.45, 7) is 6.34. The molecule has 2 saturated heterocycles. The number of carbonyl (C=O) groups is 1. The second kappa shape index (κ2) is 8.33. The van der Waals surface area contributed by atoms with Gasteiger partial charge in [-0.05, 0) is 36.6 Å². The third-order valence-corrected chi connectivity index (χ3v) is 5.85. The van der Waals surface area contributed by atoms with Crippen LogP contribution in [0.4, 0.5) is 0 Å². The van der Waals surface area contributed by atoms with Gasteiger partial charge in [0.25, 0.3) is 0 Å². The Hall–Kier alpha value is -2.37. The molecule has 2 aromatic rings. The van der Waals surface area contributed by atoms with Crippen LogP contribution in [-0.4, -0.2) is 36.5 Å². The molecule has 2 atom stereocenters. The van der Waals surface area contributed by atoms with Crippen LogP contribution in [0.3, 0.4) is 0 Å². The van der Waals surface area contributed by atoms with Gasteiger partial charge in [0, 0.05) is 32.5 Å². The number of likely N-dealkylation sites (tertiary alicyclic amines) is 1. The second-order valence-corrected chi connectivity index (χ2v) is 7.93. The van der Waals surface area contributed by atoms with E-state index in [9.17, 15) is 4.79 Å². The van der Waals surface area contributed by atoms with E-state index in [0.717, 1.165) is 42.8 Å². The number of nitrogens with zero attached hydrogens (tertiary/aromatic N) is 1. The van der Waals surface area contributed by atoms with Crippen molar-refractivity contribution in [1.82, 2.24) is 15.8 Å². The Morgan fingerprint density at radius 3 is 2.57 bits per heavy atom. The molecule has 148 valence electrons. The number of ether oxygens (including phenoxy) is 1. The van der Waals surface area contributed by atoms with Gasteiger partial charge in [0.15, 0.2) is 0 Å². The number of nitrogens with one attached hydrogen (secondary N) is 2. The van der Waals surface area contributed by atoms with Gasteiger partial charge in [0.2, 0.25) is 5.91 Å². The highest BCUT2D eigenvalue weighted by Crippen LogP contribution is 2.29. The van der Waals surface area contributed by atoms with Crippen molar-refractivity contribution in [3.05, 3.63) is 65.2 Å². The number of rotatable bonds is 4. The summed E-state index contributed by atoms with van der Waals surface area (Å²) in [5.41, 5.74) is 9.97. The van der Waals surface area contributed by atoms with Gasteiger partial charge in [-0.15, -0.1) is 0 Å². The van der Waals surface area contributed by atoms with Crippen LogP contribution in [0.25, 0.3) is 0 Å². The molecule has 5 nitrogen and oxygen atoms in total. The fraction of sp³-hybridized carbons (Fsp3) is 0.435. The fourth-order valence-electron chi connectivity index (χ4n) is 4.15. The first-order chi connectivity index (χ1) is 13.6. The van der Waals surface area contributed by atoms with Gasteiger partial charge in [-0.25, -0.2) is 5.43 Å². The Bertz CT molecular complexity index is 816. The molecule has 2 aliphatic rings. The average Bonchev–Trinajstić information content (AvgIpc) is 3.21. The summed E-state index contributed by atoms with van der Waals surface area (Å²) in [5.74, 6) is 1.13. The molecule has 0 spiro atoms. The summed E-state index contributed by atoms with van der Waals surface area (Å²) in [7, 11) is 0. The fourth-order valence-corrected chi connectivity index (χ4v) is 4.15. The highest BCUT2D eigenvalue weighted by atomic mass is 16.5. The van der Waals surface area contributed by atoms with Crippen molar-refractivity contribution in [3.63, 3.8) is 0 Å². The van der Waals surface area contributed by atoms with Crippen LogP contribution in [0.1, 0.15) is 35.6 Å². The quantitative estimate of drug-likeness (QED) is 0.857. The molecule has 0 radical (unpaired) electrons. The Morgan fingerprint density at radius 1 is 1.07 bits per heavy atom. The van der Waals surface area contributed by atoms with Gasteiger partial charge in [0.05, 0.1) is 12.0 Å². The Morgan fingerprint density at radius 2 is 1.82 bits per heavy atom. The van der Waals surface area contributed by atoms with Gasteiger partial charge in [-0.2, -0.15) is 0 Å². The lowest BCUT2D eigenvalue weighted by Crippen LogP contribution is -2.45. The van der Waals surface area contributed by atoms with E-state index < -0.39 is 0 Å². The molecule has 2 aromatic carbocycles. The average molecular weight is 380 g/mol. The van der Waals surface area contributed by atoms with E-state index in [1.807, 2.05) is 23.1 Å². The van der Waals surface area contributed by atoms with E-state index in [4.69, 9.17) is 4.74 Å². The molecule has 4 rings (SSSR count). The summed E-state index contributed by atoms with van der Waals surface area (Å²) < 4.78 is 6.25. The maximum Gasteiger partial charge on any atom is 0.229 e. The predicted octanol–water partition coefficient (Wildman–Crippen LogP) is 3.14. The van der Waals surface area contributed by atoms with Crippen LogP contribution in [0.15, 0.2) is 48.5 Å². The van der Waals surface area contributed by atoms with E-state index in [2.05, 4.69) is 55.0 Å². The van der Waals surface area contributed by atoms with Crippen molar-refractivity contribution >= 4 is 5.91 Å². The minimum atomic E-state index is -0.0705. The first-order valence-electron chi connectivity index (χ1n) is 10.2. The lowest BCUT2D eigenvalue weighted by atomic mass is 9.93. The zero-order chi connectivity index (χ0) is 19.5. The van der Waals surface area contributed by atoms with Crippen LogP contribution in [0.5, 0.6) is 5.75 Å². The summed E-state index contributed by atoms with van der Waals surface area (Å²) in [6, 6.07) is 16.5. The van der Waals surface area contributed by atoms with Crippen molar-refractivity contribution in [1.29, 1.82) is 0 Å². The monoisotopic (exact) mass is 379 g/mol. The number of hydrazine groups is 1. The highest BCUT2D eigenvalue weighted by Gasteiger charge is 2.37. The number of piperidine rings is 1. The van der Waals surface area contributed by atoms with Crippen LogP contribution in [0, 0.1) is 19.8 Å². The molecular weight excluding hydrogens is 350 g/mol. The Labute approximate surface area is 167 Å². The number of hydrogen-bond acceptors (Lipinski definition) is 4. The Balaban J connectivity index is 1.35. The number of aryl methyl sites for hydroxylation is 2. The van der Waals surface area contributed by atoms with E-state index in [1.54, 1.807) is 0 Å². The zero-order valence-electron chi connectivity index (χ0n) is 16.7. The molecule has 0 aliphatic carbocycles. The van der Waals surface area contributed by atoms with E-state index in [0.29, 0.717) is 6.54 Å². The van der Waals surface area contributed by atoms with Gasteiger partial charge in [0.1, 0.15) is 11.9 Å². The molecule has 2 N–H and O–H groups in total. The zero-order valence-corrected chi connectivity index (χ0v) is 16.7. The summed E-state index contributed by atoms with van der Waals surface area (Å²) in [5, 5.41) is 0. The Kier molecular flexibility index (Phi) is 5.64. The van der Waals surface area contributed by atoms with Gasteiger partial charge < -0.3 is 9.64 Å². The topological polar surface area (TPSA) is 53.6 Å². The van der Waals surface area contributed by atoms with Crippen molar-refractivity contribution in [2.45, 2.75) is 38.8 Å². The maximum absolute atomic E-state index is 13.2. The van der Waals surface area contributed by atoms with Crippen molar-refractivity contribution in [2.24, 2.45) is 5.92 Å². The maximum atomic E-state index is 13.2. The molecule has 28 heavy (non-hydrogen) atoms. The molecule has 2 aliphatic heterocycles. The summed E-state index contributed by atoms with van der Waals surface area (Å²) >= 11 is 0. The molecule has 2 fully saturated rings. The van der Waals surface area contributed by atoms with Gasteiger partial charge in [-0.1, -0.05) is 42.5 Å². The summed E-state index contributed by atoms with van der Waals surface area (Å²) in [4.78, 5) is 15.2. The molecule has 0 saturated carbocycles. The highest BCUT2D eigenvalue weighted by molar-refractivity contribution is 5.80. The third kappa shape index (κ3) is 4.05. The molecular formula is C23H29N3O2. The van der Waals surface area contributed by atoms with Crippen molar-refractivity contribution < 1.29 is 9.53 Å². The van der Waals surface area contributed by atoms with E-state index in [-0.39, 0.29) is 24.0 Å². The third-order valence-electron chi connectivity index (χ3n) is 5.85. The molecule has 1 amide bonds. The lowest BCUT2D eigenvalue weighted by molar-refractivity contribution is -0.137. The summed E-state index contributed by atoms with van der Waals surface area (Å²) in [6.07, 6.45) is 1.93. The standard InChI is InChI=1S/C23H29N3O2/c1-16-8-9-17(2)21(14-16)28-19-10-12-26(13-11-19)23(27)20-15-24-25-22(20)18-6-4-3-5-7-18/h3-9,14,19-20,22,24-25H,10-13,15H2,1-2H3. The number of benzene rings is 2. The number of hydrogen-bond donors (Lipinski definition) is 2. The van der Waals surface area contributed by atoms with Crippen LogP contribution in [0.2, 0.25) is 0 Å². The molecule has 2 unspecified atom stereocenters. The van der Waals surface area contributed by atoms with Crippen molar-refractivity contribution in [3.8, 4) is 5.75 Å². The SMILES string of the molecule is Cc1ccc(C)c(OC2CCN(C(=O)C3CNNC3c3ccccc3)CC2)c1. The number of carbonyl (C=O) groups excluding carboxylic acids is 1. The second-order valence-electron chi connectivity index (χ2n) is 7.93. The lowest BCUT2D eigenvalue weighted by Gasteiger charge is -2.34. The normalized spacial score (nSPS) is 23.0. The minimum Gasteiger partial charge on any atom is -0.490 e. The van der Waals surface area contributed by atoms with Crippen molar-refractivity contribution in [2.75, 3.05) is 19.6 Å². The van der Waals surface area contributed by atoms with Gasteiger partial charge >= 0.3 is 0 Å². The van der Waals surface area contributed by atoms with E-state index in [1.165, 1.54) is 5.56 Å². The smallest absolute Gasteiger partial charge is 0.229 e. The van der Waals surface area contributed by atoms with Crippen LogP contribution in [-0.2, 0) is 4.79 Å².